The van der Waals surface area contributed by atoms with Crippen LogP contribution in [0.25, 0.3) is 0 Å². The van der Waals surface area contributed by atoms with Gasteiger partial charge >= 0.3 is 0 Å². The first kappa shape index (κ1) is 13.0. The smallest absolute Gasteiger partial charge is 0.0573 e. The molecule has 0 saturated carbocycles. The van der Waals surface area contributed by atoms with Gasteiger partial charge in [-0.3, -0.25) is 5.92 Å². The summed E-state index contributed by atoms with van der Waals surface area (Å²) in [5.74, 6) is 0.835. The maximum atomic E-state index is 6.05. The summed E-state index contributed by atoms with van der Waals surface area (Å²) in [7, 11) is 0. The largest absolute Gasteiger partial charge is 0.377 e. The van der Waals surface area contributed by atoms with Crippen molar-refractivity contribution >= 4 is 0 Å². The van der Waals surface area contributed by atoms with E-state index < -0.39 is 5.79 Å². The van der Waals surface area contributed by atoms with Crippen LogP contribution in [0.5, 0.6) is 0 Å². The van der Waals surface area contributed by atoms with Gasteiger partial charge in [-0.25, -0.2) is 0 Å². The molecule has 0 bridgehead atoms. The summed E-state index contributed by atoms with van der Waals surface area (Å²) in [4.78, 5) is 0. The molecule has 2 unspecified atom stereocenters. The quantitative estimate of drug-likeness (QED) is 0.663. The molecular formula is C13H25O2-. The summed E-state index contributed by atoms with van der Waals surface area (Å²) >= 11 is 0. The average molecular weight is 213 g/mol. The highest BCUT2D eigenvalue weighted by molar-refractivity contribution is 4.99. The van der Waals surface area contributed by atoms with Crippen molar-refractivity contribution in [2.75, 3.05) is 0 Å². The fourth-order valence-corrected chi connectivity index (χ4v) is 2.25. The minimum absolute atomic E-state index is 0.306. The SMILES string of the molecule is CCCCC1([C-](C)C)OC(C)CC(C)O1. The van der Waals surface area contributed by atoms with Crippen molar-refractivity contribution < 1.29 is 9.47 Å². The van der Waals surface area contributed by atoms with E-state index in [1.165, 1.54) is 12.3 Å². The lowest BCUT2D eigenvalue weighted by Gasteiger charge is -2.53. The first-order valence-electron chi connectivity index (χ1n) is 6.16. The monoisotopic (exact) mass is 213 g/mol. The third-order valence-electron chi connectivity index (χ3n) is 3.07. The lowest BCUT2D eigenvalue weighted by atomic mass is 9.94. The van der Waals surface area contributed by atoms with Crippen LogP contribution in [-0.4, -0.2) is 18.0 Å². The molecule has 1 aliphatic rings. The van der Waals surface area contributed by atoms with E-state index in [-0.39, 0.29) is 0 Å². The van der Waals surface area contributed by atoms with E-state index >= 15 is 0 Å². The van der Waals surface area contributed by atoms with Crippen molar-refractivity contribution in [3.05, 3.63) is 5.92 Å². The van der Waals surface area contributed by atoms with Gasteiger partial charge in [-0.05, 0) is 26.7 Å². The van der Waals surface area contributed by atoms with Gasteiger partial charge in [-0.2, -0.15) is 13.8 Å². The van der Waals surface area contributed by atoms with E-state index in [9.17, 15) is 0 Å². The molecule has 1 rings (SSSR count). The van der Waals surface area contributed by atoms with Crippen LogP contribution in [-0.2, 0) is 9.47 Å². The Morgan fingerprint density at radius 1 is 1.20 bits per heavy atom. The van der Waals surface area contributed by atoms with Gasteiger partial charge < -0.3 is 9.47 Å². The molecule has 1 aliphatic heterocycles. The van der Waals surface area contributed by atoms with Gasteiger partial charge in [0.1, 0.15) is 0 Å². The molecule has 0 aliphatic carbocycles. The van der Waals surface area contributed by atoms with Crippen molar-refractivity contribution in [2.24, 2.45) is 0 Å². The lowest BCUT2D eigenvalue weighted by molar-refractivity contribution is -0.304. The third kappa shape index (κ3) is 3.18. The maximum absolute atomic E-state index is 6.05. The molecule has 0 spiro atoms. The Morgan fingerprint density at radius 3 is 2.13 bits per heavy atom. The normalized spacial score (nSPS) is 37.2. The van der Waals surface area contributed by atoms with Crippen LogP contribution >= 0.6 is 0 Å². The molecule has 1 saturated heterocycles. The highest BCUT2D eigenvalue weighted by Gasteiger charge is 2.34. The predicted octanol–water partition coefficient (Wildman–Crippen LogP) is 3.70. The van der Waals surface area contributed by atoms with E-state index in [0.29, 0.717) is 12.2 Å². The first-order chi connectivity index (χ1) is 7.00. The van der Waals surface area contributed by atoms with Gasteiger partial charge in [0.2, 0.25) is 0 Å². The second-order valence-corrected chi connectivity index (χ2v) is 4.95. The summed E-state index contributed by atoms with van der Waals surface area (Å²) in [5.41, 5.74) is 0. The minimum atomic E-state index is -0.410. The molecule has 0 aromatic carbocycles. The second-order valence-electron chi connectivity index (χ2n) is 4.95. The number of ether oxygens (including phenoxy) is 2. The Balaban J connectivity index is 2.70. The highest BCUT2D eigenvalue weighted by Crippen LogP contribution is 2.38. The Bertz CT molecular complexity index is 179. The van der Waals surface area contributed by atoms with Crippen molar-refractivity contribution in [1.29, 1.82) is 0 Å². The Kier molecular flexibility index (Phi) is 4.60. The predicted molar refractivity (Wildman–Crippen MR) is 62.6 cm³/mol. The van der Waals surface area contributed by atoms with E-state index in [2.05, 4.69) is 34.6 Å². The zero-order valence-corrected chi connectivity index (χ0v) is 10.8. The summed E-state index contributed by atoms with van der Waals surface area (Å²) < 4.78 is 12.1. The maximum Gasteiger partial charge on any atom is 0.0573 e. The molecule has 2 nitrogen and oxygen atoms in total. The van der Waals surface area contributed by atoms with E-state index in [0.717, 1.165) is 19.3 Å². The molecule has 0 aromatic heterocycles. The highest BCUT2D eigenvalue weighted by atomic mass is 16.7. The summed E-state index contributed by atoms with van der Waals surface area (Å²) in [6.07, 6.45) is 4.94. The Labute approximate surface area is 94.3 Å². The van der Waals surface area contributed by atoms with Gasteiger partial charge in [-0.1, -0.05) is 19.8 Å². The van der Waals surface area contributed by atoms with Crippen LogP contribution in [0.2, 0.25) is 0 Å². The van der Waals surface area contributed by atoms with E-state index in [1.807, 2.05) is 0 Å². The van der Waals surface area contributed by atoms with Gasteiger partial charge in [0, 0.05) is 5.79 Å². The molecule has 0 amide bonds. The number of unbranched alkanes of at least 4 members (excludes halogenated alkanes) is 1. The molecule has 0 radical (unpaired) electrons. The van der Waals surface area contributed by atoms with Gasteiger partial charge in [-0.15, -0.1) is 0 Å². The molecule has 1 heterocycles. The first-order valence-corrected chi connectivity index (χ1v) is 6.16. The fourth-order valence-electron chi connectivity index (χ4n) is 2.25. The van der Waals surface area contributed by atoms with Crippen LogP contribution in [0.15, 0.2) is 0 Å². The number of hydrogen-bond donors (Lipinski definition) is 0. The van der Waals surface area contributed by atoms with E-state index in [4.69, 9.17) is 9.47 Å². The van der Waals surface area contributed by atoms with Gasteiger partial charge in [0.15, 0.2) is 0 Å². The molecule has 0 aromatic rings. The summed E-state index contributed by atoms with van der Waals surface area (Å²) in [5, 5.41) is 0. The fraction of sp³-hybridized carbons (Fsp3) is 0.923. The van der Waals surface area contributed by atoms with Crippen molar-refractivity contribution in [2.45, 2.75) is 78.3 Å². The lowest BCUT2D eigenvalue weighted by Crippen LogP contribution is -2.49. The van der Waals surface area contributed by atoms with Crippen molar-refractivity contribution in [3.63, 3.8) is 0 Å². The second kappa shape index (κ2) is 5.31. The summed E-state index contributed by atoms with van der Waals surface area (Å²) in [6.45, 7) is 10.7. The van der Waals surface area contributed by atoms with Crippen LogP contribution in [0, 0.1) is 5.92 Å². The molecule has 1 fully saturated rings. The van der Waals surface area contributed by atoms with Crippen LogP contribution in [0.4, 0.5) is 0 Å². The zero-order valence-electron chi connectivity index (χ0n) is 10.8. The molecule has 2 heteroatoms. The molecule has 0 N–H and O–H groups in total. The van der Waals surface area contributed by atoms with E-state index in [1.54, 1.807) is 0 Å². The number of hydrogen-bond acceptors (Lipinski definition) is 2. The zero-order chi connectivity index (χ0) is 11.5. The Hall–Kier alpha value is -0.0800. The molecule has 2 atom stereocenters. The van der Waals surface area contributed by atoms with Gasteiger partial charge in [0.25, 0.3) is 0 Å². The van der Waals surface area contributed by atoms with Crippen LogP contribution in [0.3, 0.4) is 0 Å². The summed E-state index contributed by atoms with van der Waals surface area (Å²) in [6, 6.07) is 0. The van der Waals surface area contributed by atoms with Crippen LogP contribution in [0.1, 0.15) is 60.3 Å². The van der Waals surface area contributed by atoms with Crippen molar-refractivity contribution in [1.82, 2.24) is 0 Å². The number of rotatable bonds is 4. The molecule has 90 valence electrons. The topological polar surface area (TPSA) is 18.5 Å². The minimum Gasteiger partial charge on any atom is -0.377 e. The van der Waals surface area contributed by atoms with Crippen LogP contribution < -0.4 is 0 Å². The van der Waals surface area contributed by atoms with Gasteiger partial charge in [0.05, 0.1) is 12.2 Å². The molecular weight excluding hydrogens is 188 g/mol. The third-order valence-corrected chi connectivity index (χ3v) is 3.07. The molecule has 15 heavy (non-hydrogen) atoms. The average Bonchev–Trinajstić information content (AvgIpc) is 2.13. The standard InChI is InChI=1S/C13H25O2/c1-6-7-8-13(10(2)3)14-11(4)9-12(5)15-13/h11-12H,6-9H2,1-5H3/q-1. The van der Waals surface area contributed by atoms with Crippen molar-refractivity contribution in [3.8, 4) is 0 Å². The Morgan fingerprint density at radius 2 is 1.73 bits per heavy atom.